The van der Waals surface area contributed by atoms with Gasteiger partial charge in [0.25, 0.3) is 0 Å². The largest absolute Gasteiger partial charge is 0.310 e. The smallest absolute Gasteiger partial charge is 0.0467 e. The minimum Gasteiger partial charge on any atom is -0.310 e. The Labute approximate surface area is 322 Å². The maximum Gasteiger partial charge on any atom is 0.0467 e. The zero-order valence-corrected chi connectivity index (χ0v) is 30.3. The third kappa shape index (κ3) is 6.12. The predicted molar refractivity (Wildman–Crippen MR) is 235 cm³/mol. The van der Waals surface area contributed by atoms with Crippen molar-refractivity contribution < 1.29 is 0 Å². The van der Waals surface area contributed by atoms with E-state index in [2.05, 4.69) is 229 Å². The monoisotopic (exact) mass is 699 g/mol. The second kappa shape index (κ2) is 14.0. The van der Waals surface area contributed by atoms with Gasteiger partial charge in [0.05, 0.1) is 0 Å². The van der Waals surface area contributed by atoms with Crippen molar-refractivity contribution in [3.63, 3.8) is 0 Å². The molecule has 0 heterocycles. The van der Waals surface area contributed by atoms with Crippen LogP contribution in [0.1, 0.15) is 0 Å². The molecule has 0 spiro atoms. The van der Waals surface area contributed by atoms with E-state index in [-0.39, 0.29) is 0 Å². The van der Waals surface area contributed by atoms with Gasteiger partial charge in [-0.1, -0.05) is 176 Å². The van der Waals surface area contributed by atoms with E-state index in [9.17, 15) is 0 Å². The summed E-state index contributed by atoms with van der Waals surface area (Å²) in [6.07, 6.45) is 0. The number of hydrogen-bond donors (Lipinski definition) is 0. The Hall–Kier alpha value is -7.22. The molecule has 0 aromatic heterocycles. The molecule has 0 bridgehead atoms. The summed E-state index contributed by atoms with van der Waals surface area (Å²) in [7, 11) is 0. The molecular weight excluding hydrogens is 663 g/mol. The van der Waals surface area contributed by atoms with E-state index in [0.717, 1.165) is 17.1 Å². The van der Waals surface area contributed by atoms with Gasteiger partial charge in [-0.15, -0.1) is 0 Å². The van der Waals surface area contributed by atoms with Crippen molar-refractivity contribution in [2.24, 2.45) is 0 Å². The lowest BCUT2D eigenvalue weighted by Crippen LogP contribution is -2.10. The maximum atomic E-state index is 2.37. The van der Waals surface area contributed by atoms with E-state index >= 15 is 0 Å². The Morgan fingerprint density at radius 3 is 1.49 bits per heavy atom. The topological polar surface area (TPSA) is 3.24 Å². The Balaban J connectivity index is 1.07. The quantitative estimate of drug-likeness (QED) is 0.150. The molecule has 1 heteroatoms. The van der Waals surface area contributed by atoms with Gasteiger partial charge in [0, 0.05) is 17.1 Å². The third-order valence-electron chi connectivity index (χ3n) is 10.8. The summed E-state index contributed by atoms with van der Waals surface area (Å²) in [6.45, 7) is 0. The SMILES string of the molecule is c1ccc(-c2ccc(N(c3ccc(-c4cc5ccccc5c5ccccc45)cc3)c3cccc(-c4cccc(-c5cccc6ccccc56)c4)c3)cc2)cc1. The van der Waals surface area contributed by atoms with E-state index in [0.29, 0.717) is 0 Å². The van der Waals surface area contributed by atoms with Gasteiger partial charge in [-0.3, -0.25) is 0 Å². The van der Waals surface area contributed by atoms with Gasteiger partial charge in [-0.2, -0.15) is 0 Å². The average molecular weight is 700 g/mol. The lowest BCUT2D eigenvalue weighted by atomic mass is 9.93. The lowest BCUT2D eigenvalue weighted by Gasteiger charge is -2.26. The number of anilines is 3. The normalized spacial score (nSPS) is 11.3. The summed E-state index contributed by atoms with van der Waals surface area (Å²) in [5.41, 5.74) is 13.0. The van der Waals surface area contributed by atoms with Gasteiger partial charge in [-0.25, -0.2) is 0 Å². The molecule has 0 amide bonds. The highest BCUT2D eigenvalue weighted by atomic mass is 15.1. The second-order valence-corrected chi connectivity index (χ2v) is 14.1. The fraction of sp³-hybridized carbons (Fsp3) is 0. The van der Waals surface area contributed by atoms with Crippen LogP contribution in [0.5, 0.6) is 0 Å². The first kappa shape index (κ1) is 32.4. The van der Waals surface area contributed by atoms with Gasteiger partial charge in [0.1, 0.15) is 0 Å². The van der Waals surface area contributed by atoms with Gasteiger partial charge in [-0.05, 0) is 125 Å². The van der Waals surface area contributed by atoms with Crippen LogP contribution < -0.4 is 4.90 Å². The maximum absolute atomic E-state index is 2.37. The van der Waals surface area contributed by atoms with Crippen LogP contribution in [0.4, 0.5) is 17.1 Å². The van der Waals surface area contributed by atoms with Crippen LogP contribution in [0.2, 0.25) is 0 Å². The summed E-state index contributed by atoms with van der Waals surface area (Å²) in [6, 6.07) is 81.4. The van der Waals surface area contributed by atoms with E-state index in [1.54, 1.807) is 0 Å². The van der Waals surface area contributed by atoms with Crippen LogP contribution in [-0.2, 0) is 0 Å². The van der Waals surface area contributed by atoms with E-state index in [1.807, 2.05) is 0 Å². The molecule has 0 N–H and O–H groups in total. The average Bonchev–Trinajstić information content (AvgIpc) is 3.27. The van der Waals surface area contributed by atoms with Crippen LogP contribution in [0.15, 0.2) is 224 Å². The second-order valence-electron chi connectivity index (χ2n) is 14.1. The molecule has 55 heavy (non-hydrogen) atoms. The summed E-state index contributed by atoms with van der Waals surface area (Å²) < 4.78 is 0. The molecule has 0 unspecified atom stereocenters. The first-order valence-corrected chi connectivity index (χ1v) is 18.9. The van der Waals surface area contributed by atoms with Gasteiger partial charge < -0.3 is 4.90 Å². The van der Waals surface area contributed by atoms with Crippen molar-refractivity contribution in [2.45, 2.75) is 0 Å². The van der Waals surface area contributed by atoms with Gasteiger partial charge in [0.15, 0.2) is 0 Å². The van der Waals surface area contributed by atoms with Crippen LogP contribution in [0, 0.1) is 0 Å². The summed E-state index contributed by atoms with van der Waals surface area (Å²) in [4.78, 5) is 2.37. The molecule has 0 aliphatic rings. The molecular formula is C54H37N. The van der Waals surface area contributed by atoms with E-state index in [4.69, 9.17) is 0 Å². The predicted octanol–water partition coefficient (Wildman–Crippen LogP) is 15.3. The number of benzene rings is 10. The molecule has 10 rings (SSSR count). The summed E-state index contributed by atoms with van der Waals surface area (Å²) in [5.74, 6) is 0. The van der Waals surface area contributed by atoms with Crippen LogP contribution in [0.3, 0.4) is 0 Å². The summed E-state index contributed by atoms with van der Waals surface area (Å²) >= 11 is 0. The Bertz CT molecular complexity index is 2950. The minimum absolute atomic E-state index is 1.10. The Kier molecular flexibility index (Phi) is 8.24. The zero-order valence-electron chi connectivity index (χ0n) is 30.3. The number of fused-ring (bicyclic) bond motifs is 4. The first-order valence-electron chi connectivity index (χ1n) is 18.9. The van der Waals surface area contributed by atoms with Crippen molar-refractivity contribution in [1.29, 1.82) is 0 Å². The molecule has 0 radical (unpaired) electrons. The third-order valence-corrected chi connectivity index (χ3v) is 10.8. The molecule has 0 aliphatic carbocycles. The lowest BCUT2D eigenvalue weighted by molar-refractivity contribution is 1.28. The van der Waals surface area contributed by atoms with Crippen molar-refractivity contribution in [3.8, 4) is 44.5 Å². The van der Waals surface area contributed by atoms with Crippen molar-refractivity contribution in [1.82, 2.24) is 0 Å². The van der Waals surface area contributed by atoms with Gasteiger partial charge >= 0.3 is 0 Å². The van der Waals surface area contributed by atoms with Gasteiger partial charge in [0.2, 0.25) is 0 Å². The van der Waals surface area contributed by atoms with Crippen LogP contribution in [0.25, 0.3) is 76.8 Å². The van der Waals surface area contributed by atoms with Crippen molar-refractivity contribution in [2.75, 3.05) is 4.90 Å². The zero-order chi connectivity index (χ0) is 36.6. The summed E-state index contributed by atoms with van der Waals surface area (Å²) in [5, 5.41) is 7.59. The Morgan fingerprint density at radius 1 is 0.218 bits per heavy atom. The van der Waals surface area contributed by atoms with Crippen molar-refractivity contribution >= 4 is 49.4 Å². The minimum atomic E-state index is 1.10. The standard InChI is InChI=1S/C54H37N/c1-2-13-38(14-3-1)39-27-31-46(32-28-39)55(47-33-29-41(30-34-47)54-37-45-16-5-7-23-51(45)52-24-8-9-25-53(52)54)48-21-11-19-43(36-48)42-18-10-20-44(35-42)50-26-12-17-40-15-4-6-22-49(40)50/h1-37H. The molecule has 258 valence electrons. The fourth-order valence-electron chi connectivity index (χ4n) is 8.13. The highest BCUT2D eigenvalue weighted by molar-refractivity contribution is 6.13. The van der Waals surface area contributed by atoms with E-state index < -0.39 is 0 Å². The molecule has 0 fully saturated rings. The molecule has 0 saturated heterocycles. The highest BCUT2D eigenvalue weighted by Crippen LogP contribution is 2.41. The molecule has 10 aromatic rings. The van der Waals surface area contributed by atoms with Crippen LogP contribution >= 0.6 is 0 Å². The number of rotatable bonds is 7. The molecule has 1 nitrogen and oxygen atoms in total. The highest BCUT2D eigenvalue weighted by Gasteiger charge is 2.16. The Morgan fingerprint density at radius 2 is 0.727 bits per heavy atom. The number of hydrogen-bond acceptors (Lipinski definition) is 1. The fourth-order valence-corrected chi connectivity index (χ4v) is 8.13. The van der Waals surface area contributed by atoms with Crippen LogP contribution in [-0.4, -0.2) is 0 Å². The molecule has 10 aromatic carbocycles. The first-order chi connectivity index (χ1) is 27.3. The molecule has 0 saturated carbocycles. The molecule has 0 atom stereocenters. The van der Waals surface area contributed by atoms with Crippen molar-refractivity contribution in [3.05, 3.63) is 224 Å². The molecule has 0 aliphatic heterocycles. The number of nitrogens with zero attached hydrogens (tertiary/aromatic N) is 1. The van der Waals surface area contributed by atoms with E-state index in [1.165, 1.54) is 76.8 Å².